The Kier molecular flexibility index (Phi) is 6.78. The van der Waals surface area contributed by atoms with Crippen LogP contribution in [0.25, 0.3) is 0 Å². The molecule has 2 N–H and O–H groups in total. The summed E-state index contributed by atoms with van der Waals surface area (Å²) in [6.07, 6.45) is 2.53. The monoisotopic (exact) mass is 270 g/mol. The quantitative estimate of drug-likeness (QED) is 0.745. The molecule has 0 saturated carbocycles. The van der Waals surface area contributed by atoms with E-state index in [-0.39, 0.29) is 0 Å². The minimum atomic E-state index is -0.553. The lowest BCUT2D eigenvalue weighted by Gasteiger charge is -2.38. The second-order valence-corrected chi connectivity index (χ2v) is 7.28. The van der Waals surface area contributed by atoms with Crippen LogP contribution < -0.4 is 5.32 Å². The zero-order valence-corrected chi connectivity index (χ0v) is 13.6. The molecule has 1 heterocycles. The minimum absolute atomic E-state index is 0.318. The topological polar surface area (TPSA) is 35.5 Å². The molecule has 0 spiro atoms. The molecule has 1 fully saturated rings. The van der Waals surface area contributed by atoms with Crippen LogP contribution in [0.1, 0.15) is 47.5 Å². The van der Waals surface area contributed by atoms with Crippen LogP contribution in [0.15, 0.2) is 0 Å². The fraction of sp³-hybridized carbons (Fsp3) is 1.00. The van der Waals surface area contributed by atoms with E-state index in [1.807, 2.05) is 6.92 Å². The van der Waals surface area contributed by atoms with Crippen molar-refractivity contribution in [3.05, 3.63) is 0 Å². The Morgan fingerprint density at radius 1 is 1.21 bits per heavy atom. The van der Waals surface area contributed by atoms with Crippen LogP contribution >= 0.6 is 0 Å². The summed E-state index contributed by atoms with van der Waals surface area (Å²) in [6, 6.07) is 0. The Morgan fingerprint density at radius 2 is 1.79 bits per heavy atom. The molecule has 0 bridgehead atoms. The van der Waals surface area contributed by atoms with Crippen molar-refractivity contribution in [1.82, 2.24) is 10.2 Å². The first-order valence-electron chi connectivity index (χ1n) is 7.96. The maximum atomic E-state index is 10.4. The van der Waals surface area contributed by atoms with E-state index < -0.39 is 5.60 Å². The summed E-state index contributed by atoms with van der Waals surface area (Å²) in [7, 11) is 0. The molecule has 0 aromatic heterocycles. The third-order valence-electron chi connectivity index (χ3n) is 4.48. The first kappa shape index (κ1) is 16.9. The predicted molar refractivity (Wildman–Crippen MR) is 82.3 cm³/mol. The highest BCUT2D eigenvalue weighted by molar-refractivity contribution is 4.83. The molecule has 1 aliphatic rings. The normalized spacial score (nSPS) is 22.1. The molecule has 3 nitrogen and oxygen atoms in total. The van der Waals surface area contributed by atoms with Crippen LogP contribution in [0.4, 0.5) is 0 Å². The van der Waals surface area contributed by atoms with Crippen LogP contribution in [0, 0.1) is 17.8 Å². The van der Waals surface area contributed by atoms with Crippen molar-refractivity contribution in [2.24, 2.45) is 17.8 Å². The van der Waals surface area contributed by atoms with Gasteiger partial charge in [0.15, 0.2) is 0 Å². The molecule has 1 atom stereocenters. The lowest BCUT2D eigenvalue weighted by Crippen LogP contribution is -2.48. The lowest BCUT2D eigenvalue weighted by atomic mass is 9.90. The largest absolute Gasteiger partial charge is 0.389 e. The average molecular weight is 270 g/mol. The number of piperidine rings is 1. The van der Waals surface area contributed by atoms with Crippen molar-refractivity contribution in [2.45, 2.75) is 53.1 Å². The average Bonchev–Trinajstić information content (AvgIpc) is 2.30. The number of nitrogens with one attached hydrogen (secondary N) is 1. The molecule has 0 aromatic carbocycles. The van der Waals surface area contributed by atoms with Gasteiger partial charge >= 0.3 is 0 Å². The van der Waals surface area contributed by atoms with Gasteiger partial charge in [-0.15, -0.1) is 0 Å². The number of nitrogens with zero attached hydrogens (tertiary/aromatic N) is 1. The summed E-state index contributed by atoms with van der Waals surface area (Å²) < 4.78 is 0. The number of likely N-dealkylation sites (tertiary alicyclic amines) is 1. The molecule has 0 aromatic rings. The van der Waals surface area contributed by atoms with Crippen LogP contribution in [-0.2, 0) is 0 Å². The molecular weight excluding hydrogens is 236 g/mol. The van der Waals surface area contributed by atoms with E-state index >= 15 is 0 Å². The van der Waals surface area contributed by atoms with Crippen LogP contribution in [0.3, 0.4) is 0 Å². The first-order chi connectivity index (χ1) is 8.81. The van der Waals surface area contributed by atoms with Gasteiger partial charge in [0, 0.05) is 6.54 Å². The summed E-state index contributed by atoms with van der Waals surface area (Å²) in [5, 5.41) is 13.9. The minimum Gasteiger partial charge on any atom is -0.389 e. The highest BCUT2D eigenvalue weighted by Gasteiger charge is 2.29. The van der Waals surface area contributed by atoms with Crippen molar-refractivity contribution in [1.29, 1.82) is 0 Å². The Hall–Kier alpha value is -0.120. The van der Waals surface area contributed by atoms with Gasteiger partial charge in [0.1, 0.15) is 0 Å². The predicted octanol–water partition coefficient (Wildman–Crippen LogP) is 2.35. The molecule has 1 unspecified atom stereocenters. The van der Waals surface area contributed by atoms with Crippen LogP contribution in [0.2, 0.25) is 0 Å². The fourth-order valence-corrected chi connectivity index (χ4v) is 2.56. The standard InChI is InChI=1S/C16H34N2O/c1-13(2)10-17-11-15-6-8-18(9-7-15)12-16(5,19)14(3)4/h13-15,17,19H,6-12H2,1-5H3. The second kappa shape index (κ2) is 7.61. The summed E-state index contributed by atoms with van der Waals surface area (Å²) in [5.74, 6) is 1.87. The Balaban J connectivity index is 2.22. The molecule has 0 radical (unpaired) electrons. The SMILES string of the molecule is CC(C)CNCC1CCN(CC(C)(O)C(C)C)CC1. The fourth-order valence-electron chi connectivity index (χ4n) is 2.56. The van der Waals surface area contributed by atoms with Crippen molar-refractivity contribution in [2.75, 3.05) is 32.7 Å². The van der Waals surface area contributed by atoms with Crippen molar-refractivity contribution in [3.8, 4) is 0 Å². The number of rotatable bonds is 7. The van der Waals surface area contributed by atoms with Crippen LogP contribution in [-0.4, -0.2) is 48.3 Å². The van der Waals surface area contributed by atoms with Gasteiger partial charge in [-0.05, 0) is 63.7 Å². The maximum absolute atomic E-state index is 10.4. The zero-order valence-electron chi connectivity index (χ0n) is 13.6. The maximum Gasteiger partial charge on any atom is 0.0768 e. The molecule has 1 aliphatic heterocycles. The highest BCUT2D eigenvalue weighted by Crippen LogP contribution is 2.22. The van der Waals surface area contributed by atoms with Crippen LogP contribution in [0.5, 0.6) is 0 Å². The van der Waals surface area contributed by atoms with Gasteiger partial charge in [-0.3, -0.25) is 0 Å². The summed E-state index contributed by atoms with van der Waals surface area (Å²) in [5.41, 5.74) is -0.553. The summed E-state index contributed by atoms with van der Waals surface area (Å²) in [6.45, 7) is 16.0. The van der Waals surface area contributed by atoms with E-state index in [0.29, 0.717) is 5.92 Å². The molecule has 114 valence electrons. The molecule has 3 heteroatoms. The van der Waals surface area contributed by atoms with Gasteiger partial charge in [-0.2, -0.15) is 0 Å². The van der Waals surface area contributed by atoms with E-state index in [9.17, 15) is 5.11 Å². The lowest BCUT2D eigenvalue weighted by molar-refractivity contribution is -0.0257. The number of hydrogen-bond donors (Lipinski definition) is 2. The van der Waals surface area contributed by atoms with E-state index in [0.717, 1.165) is 44.6 Å². The summed E-state index contributed by atoms with van der Waals surface area (Å²) >= 11 is 0. The molecule has 0 aliphatic carbocycles. The van der Waals surface area contributed by atoms with Crippen molar-refractivity contribution in [3.63, 3.8) is 0 Å². The van der Waals surface area contributed by atoms with Gasteiger partial charge in [0.25, 0.3) is 0 Å². The summed E-state index contributed by atoms with van der Waals surface area (Å²) in [4.78, 5) is 2.43. The zero-order chi connectivity index (χ0) is 14.5. The van der Waals surface area contributed by atoms with Gasteiger partial charge in [-0.1, -0.05) is 27.7 Å². The Morgan fingerprint density at radius 3 is 2.26 bits per heavy atom. The second-order valence-electron chi connectivity index (χ2n) is 7.28. The third-order valence-corrected chi connectivity index (χ3v) is 4.48. The van der Waals surface area contributed by atoms with Gasteiger partial charge in [0.05, 0.1) is 5.60 Å². The number of β-amino-alcohol motifs (C(OH)–C–C–N with tert-alkyl or cyclic N) is 1. The molecule has 1 rings (SSSR count). The molecule has 1 saturated heterocycles. The Labute approximate surface area is 119 Å². The first-order valence-corrected chi connectivity index (χ1v) is 7.96. The smallest absolute Gasteiger partial charge is 0.0768 e. The molecule has 0 amide bonds. The van der Waals surface area contributed by atoms with Gasteiger partial charge in [0.2, 0.25) is 0 Å². The molecular formula is C16H34N2O. The number of aliphatic hydroxyl groups is 1. The van der Waals surface area contributed by atoms with E-state index in [1.165, 1.54) is 12.8 Å². The highest BCUT2D eigenvalue weighted by atomic mass is 16.3. The van der Waals surface area contributed by atoms with Crippen molar-refractivity contribution < 1.29 is 5.11 Å². The third kappa shape index (κ3) is 6.24. The number of hydrogen-bond acceptors (Lipinski definition) is 3. The Bertz CT molecular complexity index is 243. The van der Waals surface area contributed by atoms with Gasteiger partial charge < -0.3 is 15.3 Å². The van der Waals surface area contributed by atoms with E-state index in [2.05, 4.69) is 37.9 Å². The van der Waals surface area contributed by atoms with E-state index in [1.54, 1.807) is 0 Å². The van der Waals surface area contributed by atoms with E-state index in [4.69, 9.17) is 0 Å². The molecule has 19 heavy (non-hydrogen) atoms. The van der Waals surface area contributed by atoms with Gasteiger partial charge in [-0.25, -0.2) is 0 Å². The van der Waals surface area contributed by atoms with Crippen molar-refractivity contribution >= 4 is 0 Å².